The summed E-state index contributed by atoms with van der Waals surface area (Å²) in [5.41, 5.74) is 7.76. The lowest BCUT2D eigenvalue weighted by Gasteiger charge is -2.19. The third-order valence-corrected chi connectivity index (χ3v) is 3.37. The van der Waals surface area contributed by atoms with Gasteiger partial charge in [-0.25, -0.2) is 4.79 Å². The molecule has 0 saturated heterocycles. The van der Waals surface area contributed by atoms with E-state index >= 15 is 0 Å². The predicted molar refractivity (Wildman–Crippen MR) is 95.1 cm³/mol. The number of hydrogen-bond acceptors (Lipinski definition) is 4. The molecule has 0 aliphatic rings. The fourth-order valence-corrected chi connectivity index (χ4v) is 2.24. The van der Waals surface area contributed by atoms with Crippen molar-refractivity contribution in [3.8, 4) is 5.75 Å². The average molecular weight is 327 g/mol. The second-order valence-electron chi connectivity index (χ2n) is 6.63. The minimum Gasteiger partial charge on any atom is -0.489 e. The molecule has 0 fully saturated rings. The fraction of sp³-hybridized carbons (Fsp3) is 0.350. The van der Waals surface area contributed by atoms with E-state index in [1.165, 1.54) is 0 Å². The minimum absolute atomic E-state index is 0.316. The van der Waals surface area contributed by atoms with E-state index in [4.69, 9.17) is 15.2 Å². The molecule has 0 aromatic heterocycles. The van der Waals surface area contributed by atoms with E-state index < -0.39 is 5.60 Å². The van der Waals surface area contributed by atoms with E-state index in [0.717, 1.165) is 23.3 Å². The van der Waals surface area contributed by atoms with Gasteiger partial charge in [-0.3, -0.25) is 0 Å². The lowest BCUT2D eigenvalue weighted by atomic mass is 10.1. The molecular formula is C20H25NO3. The Morgan fingerprint density at radius 2 is 1.71 bits per heavy atom. The monoisotopic (exact) mass is 327 g/mol. The average Bonchev–Trinajstić information content (AvgIpc) is 2.53. The van der Waals surface area contributed by atoms with Crippen molar-refractivity contribution in [2.45, 2.75) is 39.4 Å². The maximum Gasteiger partial charge on any atom is 0.338 e. The third kappa shape index (κ3) is 5.39. The maximum absolute atomic E-state index is 12.0. The molecule has 2 aromatic rings. The summed E-state index contributed by atoms with van der Waals surface area (Å²) in [5, 5.41) is 0. The molecule has 0 atom stereocenters. The maximum atomic E-state index is 12.0. The van der Waals surface area contributed by atoms with Crippen molar-refractivity contribution in [2.24, 2.45) is 5.73 Å². The van der Waals surface area contributed by atoms with Crippen molar-refractivity contribution in [3.05, 3.63) is 65.2 Å². The Morgan fingerprint density at radius 1 is 1.04 bits per heavy atom. The normalized spacial score (nSPS) is 11.2. The summed E-state index contributed by atoms with van der Waals surface area (Å²) >= 11 is 0. The molecule has 0 spiro atoms. The molecule has 0 aliphatic heterocycles. The molecule has 0 unspecified atom stereocenters. The number of benzene rings is 2. The molecule has 0 heterocycles. The van der Waals surface area contributed by atoms with Crippen LogP contribution in [0.25, 0.3) is 0 Å². The van der Waals surface area contributed by atoms with Gasteiger partial charge in [0.05, 0.1) is 5.56 Å². The van der Waals surface area contributed by atoms with Crippen LogP contribution in [0.4, 0.5) is 0 Å². The molecule has 4 nitrogen and oxygen atoms in total. The summed E-state index contributed by atoms with van der Waals surface area (Å²) in [7, 11) is 0. The highest BCUT2D eigenvalue weighted by Crippen LogP contribution is 2.20. The highest BCUT2D eigenvalue weighted by molar-refractivity contribution is 5.89. The van der Waals surface area contributed by atoms with Gasteiger partial charge in [0, 0.05) is 0 Å². The molecule has 4 heteroatoms. The first-order valence-electron chi connectivity index (χ1n) is 8.12. The van der Waals surface area contributed by atoms with Crippen LogP contribution in [0.1, 0.15) is 42.3 Å². The van der Waals surface area contributed by atoms with Gasteiger partial charge in [-0.15, -0.1) is 0 Å². The molecule has 2 aromatic carbocycles. The zero-order valence-electron chi connectivity index (χ0n) is 14.5. The molecule has 0 bridgehead atoms. The predicted octanol–water partition coefficient (Wildman–Crippen LogP) is 3.72. The van der Waals surface area contributed by atoms with Gasteiger partial charge < -0.3 is 15.2 Å². The second-order valence-corrected chi connectivity index (χ2v) is 6.63. The van der Waals surface area contributed by atoms with Gasteiger partial charge >= 0.3 is 5.97 Å². The van der Waals surface area contributed by atoms with Gasteiger partial charge in [0.2, 0.25) is 0 Å². The van der Waals surface area contributed by atoms with Crippen molar-refractivity contribution < 1.29 is 14.3 Å². The van der Waals surface area contributed by atoms with Crippen LogP contribution in [-0.2, 0) is 17.8 Å². The molecule has 0 aliphatic carbocycles. The van der Waals surface area contributed by atoms with E-state index in [1.54, 1.807) is 12.1 Å². The van der Waals surface area contributed by atoms with Crippen LogP contribution in [0.5, 0.6) is 5.75 Å². The lowest BCUT2D eigenvalue weighted by Crippen LogP contribution is -2.23. The summed E-state index contributed by atoms with van der Waals surface area (Å²) in [6.45, 7) is 6.59. The van der Waals surface area contributed by atoms with E-state index in [9.17, 15) is 4.79 Å². The summed E-state index contributed by atoms with van der Waals surface area (Å²) in [4.78, 5) is 12.0. The first-order valence-corrected chi connectivity index (χ1v) is 8.12. The van der Waals surface area contributed by atoms with E-state index in [1.807, 2.05) is 57.2 Å². The molecule has 0 saturated carbocycles. The smallest absolute Gasteiger partial charge is 0.338 e. The van der Waals surface area contributed by atoms with E-state index in [0.29, 0.717) is 18.7 Å². The zero-order chi connectivity index (χ0) is 17.6. The number of hydrogen-bond donors (Lipinski definition) is 1. The second kappa shape index (κ2) is 7.97. The van der Waals surface area contributed by atoms with Crippen molar-refractivity contribution in [3.63, 3.8) is 0 Å². The Kier molecular flexibility index (Phi) is 5.99. The van der Waals surface area contributed by atoms with Gasteiger partial charge in [-0.1, -0.05) is 30.3 Å². The Labute approximate surface area is 143 Å². The molecule has 128 valence electrons. The summed E-state index contributed by atoms with van der Waals surface area (Å²) in [6, 6.07) is 15.2. The van der Waals surface area contributed by atoms with E-state index in [-0.39, 0.29) is 5.97 Å². The first kappa shape index (κ1) is 18.0. The number of esters is 1. The van der Waals surface area contributed by atoms with Crippen LogP contribution in [0, 0.1) is 0 Å². The summed E-state index contributed by atoms with van der Waals surface area (Å²) < 4.78 is 11.2. The number of carbonyl (C=O) groups excluding carboxylic acids is 1. The van der Waals surface area contributed by atoms with Crippen LogP contribution in [-0.4, -0.2) is 18.1 Å². The summed E-state index contributed by atoms with van der Waals surface area (Å²) in [6.07, 6.45) is 0.785. The van der Waals surface area contributed by atoms with Gasteiger partial charge in [-0.05, 0) is 63.1 Å². The number of rotatable bonds is 6. The van der Waals surface area contributed by atoms with Crippen LogP contribution >= 0.6 is 0 Å². The molecule has 0 amide bonds. The van der Waals surface area contributed by atoms with Crippen molar-refractivity contribution in [2.75, 3.05) is 6.54 Å². The highest BCUT2D eigenvalue weighted by Gasteiger charge is 2.17. The number of carbonyl (C=O) groups is 1. The van der Waals surface area contributed by atoms with Crippen molar-refractivity contribution in [1.82, 2.24) is 0 Å². The Hall–Kier alpha value is -2.33. The molecular weight excluding hydrogens is 302 g/mol. The van der Waals surface area contributed by atoms with Gasteiger partial charge in [0.15, 0.2) is 0 Å². The number of para-hydroxylation sites is 1. The van der Waals surface area contributed by atoms with Crippen molar-refractivity contribution >= 4 is 5.97 Å². The van der Waals surface area contributed by atoms with Gasteiger partial charge in [-0.2, -0.15) is 0 Å². The minimum atomic E-state index is -0.494. The standard InChI is InChI=1S/C20H25NO3/c1-20(2,3)24-19(22)17-10-8-15(9-11-17)14-23-18-7-5-4-6-16(18)12-13-21/h4-11H,12-14,21H2,1-3H3. The van der Waals surface area contributed by atoms with Crippen molar-refractivity contribution in [1.29, 1.82) is 0 Å². The van der Waals surface area contributed by atoms with Gasteiger partial charge in [0.25, 0.3) is 0 Å². The lowest BCUT2D eigenvalue weighted by molar-refractivity contribution is 0.00695. The van der Waals surface area contributed by atoms with Crippen LogP contribution < -0.4 is 10.5 Å². The number of ether oxygens (including phenoxy) is 2. The van der Waals surface area contributed by atoms with Crippen LogP contribution in [0.15, 0.2) is 48.5 Å². The van der Waals surface area contributed by atoms with Crippen LogP contribution in [0.3, 0.4) is 0 Å². The SMILES string of the molecule is CC(C)(C)OC(=O)c1ccc(COc2ccccc2CCN)cc1. The Morgan fingerprint density at radius 3 is 2.33 bits per heavy atom. The molecule has 2 N–H and O–H groups in total. The first-order chi connectivity index (χ1) is 11.4. The van der Waals surface area contributed by atoms with Crippen LogP contribution in [0.2, 0.25) is 0 Å². The topological polar surface area (TPSA) is 61.5 Å². The molecule has 24 heavy (non-hydrogen) atoms. The van der Waals surface area contributed by atoms with Gasteiger partial charge in [0.1, 0.15) is 18.0 Å². The van der Waals surface area contributed by atoms with E-state index in [2.05, 4.69) is 0 Å². The summed E-state index contributed by atoms with van der Waals surface area (Å²) in [5.74, 6) is 0.530. The largest absolute Gasteiger partial charge is 0.489 e. The quantitative estimate of drug-likeness (QED) is 0.821. The fourth-order valence-electron chi connectivity index (χ4n) is 2.24. The Bertz CT molecular complexity index is 672. The Balaban J connectivity index is 1.99. The molecule has 2 rings (SSSR count). The number of nitrogens with two attached hydrogens (primary N) is 1. The highest BCUT2D eigenvalue weighted by atomic mass is 16.6. The zero-order valence-corrected chi connectivity index (χ0v) is 14.5. The third-order valence-electron chi connectivity index (χ3n) is 3.37. The molecule has 0 radical (unpaired) electrons.